The molecule has 0 aliphatic heterocycles. The van der Waals surface area contributed by atoms with Crippen LogP contribution in [0.4, 0.5) is 8.78 Å². The van der Waals surface area contributed by atoms with E-state index in [9.17, 15) is 8.78 Å². The minimum Gasteiger partial charge on any atom is -0.226 e. The molecule has 0 aliphatic rings. The Morgan fingerprint density at radius 1 is 1.56 bits per heavy atom. The van der Waals surface area contributed by atoms with E-state index in [1.807, 2.05) is 0 Å². The number of alkyl halides is 2. The maximum atomic E-state index is 13.4. The highest BCUT2D eigenvalue weighted by molar-refractivity contribution is 7.13. The van der Waals surface area contributed by atoms with Crippen LogP contribution in [-0.4, -0.2) is 5.92 Å². The third-order valence-electron chi connectivity index (χ3n) is 1.88. The first kappa shape index (κ1) is 12.4. The maximum Gasteiger partial charge on any atom is 0.272 e. The summed E-state index contributed by atoms with van der Waals surface area (Å²) in [6.45, 7) is 9.22. The standard InChI is InChI=1S/C11H8F2N2S/c1-7-4-5-9(16-7)10(11(2,12)13)8(6-14)15-3/h4-5H,1-2H3/b10-8+. The van der Waals surface area contributed by atoms with Crippen LogP contribution >= 0.6 is 11.3 Å². The molecule has 82 valence electrons. The SMILES string of the molecule is [C-]#[N+]/C(C#N)=C(\c1ccc(C)s1)C(C)(F)F. The maximum absolute atomic E-state index is 13.4. The van der Waals surface area contributed by atoms with Crippen molar-refractivity contribution in [1.82, 2.24) is 0 Å². The number of halogens is 2. The average molecular weight is 238 g/mol. The topological polar surface area (TPSA) is 28.1 Å². The molecule has 0 saturated heterocycles. The summed E-state index contributed by atoms with van der Waals surface area (Å²) in [4.78, 5) is 3.99. The second kappa shape index (κ2) is 4.42. The smallest absolute Gasteiger partial charge is 0.226 e. The Morgan fingerprint density at radius 2 is 2.19 bits per heavy atom. The molecule has 1 aromatic rings. The van der Waals surface area contributed by atoms with E-state index in [1.54, 1.807) is 13.0 Å². The van der Waals surface area contributed by atoms with E-state index in [0.717, 1.165) is 16.2 Å². The first-order chi connectivity index (χ1) is 7.40. The predicted octanol–water partition coefficient (Wildman–Crippen LogP) is 3.87. The van der Waals surface area contributed by atoms with E-state index in [1.165, 1.54) is 12.1 Å². The van der Waals surface area contributed by atoms with Crippen LogP contribution in [0.2, 0.25) is 0 Å². The van der Waals surface area contributed by atoms with Gasteiger partial charge in [0.15, 0.2) is 0 Å². The van der Waals surface area contributed by atoms with Crippen LogP contribution in [0.1, 0.15) is 16.7 Å². The van der Waals surface area contributed by atoms with Crippen molar-refractivity contribution in [1.29, 1.82) is 5.26 Å². The fourth-order valence-corrected chi connectivity index (χ4v) is 2.24. The van der Waals surface area contributed by atoms with Crippen molar-refractivity contribution in [2.24, 2.45) is 0 Å². The van der Waals surface area contributed by atoms with Crippen molar-refractivity contribution in [3.8, 4) is 6.07 Å². The number of rotatable bonds is 2. The molecular weight excluding hydrogens is 230 g/mol. The molecule has 0 aromatic carbocycles. The van der Waals surface area contributed by atoms with Gasteiger partial charge in [0.1, 0.15) is 0 Å². The van der Waals surface area contributed by atoms with E-state index < -0.39 is 17.2 Å². The van der Waals surface area contributed by atoms with Crippen LogP contribution in [0.25, 0.3) is 10.4 Å². The lowest BCUT2D eigenvalue weighted by atomic mass is 10.1. The monoisotopic (exact) mass is 238 g/mol. The molecule has 1 aromatic heterocycles. The molecule has 0 N–H and O–H groups in total. The second-order valence-electron chi connectivity index (χ2n) is 3.25. The first-order valence-corrected chi connectivity index (χ1v) is 5.18. The normalized spacial score (nSPS) is 12.6. The van der Waals surface area contributed by atoms with Crippen molar-refractivity contribution in [2.75, 3.05) is 0 Å². The van der Waals surface area contributed by atoms with Gasteiger partial charge in [0, 0.05) is 16.7 Å². The van der Waals surface area contributed by atoms with Crippen LogP contribution in [0.15, 0.2) is 17.8 Å². The van der Waals surface area contributed by atoms with E-state index in [2.05, 4.69) is 4.85 Å². The van der Waals surface area contributed by atoms with E-state index in [0.29, 0.717) is 6.92 Å². The number of nitrogens with zero attached hydrogens (tertiary/aromatic N) is 2. The fourth-order valence-electron chi connectivity index (χ4n) is 1.25. The Hall–Kier alpha value is -1.72. The largest absolute Gasteiger partial charge is 0.272 e. The van der Waals surface area contributed by atoms with Crippen molar-refractivity contribution in [2.45, 2.75) is 19.8 Å². The number of hydrogen-bond acceptors (Lipinski definition) is 2. The molecule has 0 spiro atoms. The molecule has 0 atom stereocenters. The van der Waals surface area contributed by atoms with Gasteiger partial charge in [-0.25, -0.2) is 18.9 Å². The minimum absolute atomic E-state index is 0.276. The summed E-state index contributed by atoms with van der Waals surface area (Å²) < 4.78 is 26.7. The number of allylic oxidation sites excluding steroid dienone is 2. The molecule has 1 heterocycles. The van der Waals surface area contributed by atoms with Gasteiger partial charge in [0.25, 0.3) is 11.6 Å². The molecular formula is C11H8F2N2S. The number of thiophene rings is 1. The Labute approximate surface area is 96.3 Å². The van der Waals surface area contributed by atoms with Gasteiger partial charge in [-0.2, -0.15) is 0 Å². The van der Waals surface area contributed by atoms with E-state index in [4.69, 9.17) is 11.8 Å². The highest BCUT2D eigenvalue weighted by atomic mass is 32.1. The molecule has 0 fully saturated rings. The molecule has 0 unspecified atom stereocenters. The van der Waals surface area contributed by atoms with Crippen LogP contribution in [0.3, 0.4) is 0 Å². The number of aryl methyl sites for hydroxylation is 1. The summed E-state index contributed by atoms with van der Waals surface area (Å²) in [6, 6.07) is 4.71. The molecule has 0 amide bonds. The van der Waals surface area contributed by atoms with Crippen molar-refractivity contribution < 1.29 is 8.78 Å². The first-order valence-electron chi connectivity index (χ1n) is 4.37. The third-order valence-corrected chi connectivity index (χ3v) is 2.90. The van der Waals surface area contributed by atoms with Crippen molar-refractivity contribution in [3.05, 3.63) is 39.0 Å². The molecule has 0 aliphatic carbocycles. The van der Waals surface area contributed by atoms with E-state index in [-0.39, 0.29) is 4.88 Å². The van der Waals surface area contributed by atoms with Gasteiger partial charge in [-0.3, -0.25) is 0 Å². The summed E-state index contributed by atoms with van der Waals surface area (Å²) in [5.74, 6) is -3.19. The quantitative estimate of drug-likeness (QED) is 0.568. The highest BCUT2D eigenvalue weighted by Crippen LogP contribution is 2.38. The van der Waals surface area contributed by atoms with Gasteiger partial charge in [-0.1, -0.05) is 0 Å². The zero-order chi connectivity index (χ0) is 12.3. The summed E-state index contributed by atoms with van der Waals surface area (Å²) in [5, 5.41) is 8.68. The molecule has 5 heteroatoms. The van der Waals surface area contributed by atoms with Gasteiger partial charge in [0.2, 0.25) is 0 Å². The number of nitriles is 1. The summed E-state index contributed by atoms with van der Waals surface area (Å²) in [7, 11) is 0. The summed E-state index contributed by atoms with van der Waals surface area (Å²) in [5.41, 5.74) is -1.03. The Kier molecular flexibility index (Phi) is 3.41. The molecule has 1 rings (SSSR count). The molecule has 0 radical (unpaired) electrons. The lowest BCUT2D eigenvalue weighted by Crippen LogP contribution is -2.13. The molecule has 2 nitrogen and oxygen atoms in total. The number of hydrogen-bond donors (Lipinski definition) is 0. The van der Waals surface area contributed by atoms with Crippen LogP contribution < -0.4 is 0 Å². The highest BCUT2D eigenvalue weighted by Gasteiger charge is 2.33. The predicted molar refractivity (Wildman–Crippen MR) is 58.8 cm³/mol. The minimum atomic E-state index is -3.19. The van der Waals surface area contributed by atoms with Crippen LogP contribution in [0, 0.1) is 24.8 Å². The Balaban J connectivity index is 3.47. The second-order valence-corrected chi connectivity index (χ2v) is 4.53. The average Bonchev–Trinajstić information content (AvgIpc) is 2.58. The molecule has 0 saturated carbocycles. The van der Waals surface area contributed by atoms with E-state index >= 15 is 0 Å². The zero-order valence-corrected chi connectivity index (χ0v) is 9.53. The van der Waals surface area contributed by atoms with Crippen LogP contribution in [-0.2, 0) is 0 Å². The van der Waals surface area contributed by atoms with Gasteiger partial charge in [-0.05, 0) is 19.1 Å². The molecule has 0 bridgehead atoms. The van der Waals surface area contributed by atoms with Gasteiger partial charge < -0.3 is 0 Å². The summed E-state index contributed by atoms with van der Waals surface area (Å²) >= 11 is 1.15. The summed E-state index contributed by atoms with van der Waals surface area (Å²) in [6.07, 6.45) is 0. The van der Waals surface area contributed by atoms with Gasteiger partial charge in [-0.15, -0.1) is 11.3 Å². The fraction of sp³-hybridized carbons (Fsp3) is 0.273. The Morgan fingerprint density at radius 3 is 2.50 bits per heavy atom. The van der Waals surface area contributed by atoms with Crippen molar-refractivity contribution >= 4 is 16.9 Å². The van der Waals surface area contributed by atoms with Gasteiger partial charge in [0.05, 0.1) is 18.2 Å². The lowest BCUT2D eigenvalue weighted by molar-refractivity contribution is 0.0892. The molecule has 16 heavy (non-hydrogen) atoms. The zero-order valence-electron chi connectivity index (χ0n) is 8.71. The Bertz CT molecular complexity index is 493. The van der Waals surface area contributed by atoms with Crippen molar-refractivity contribution in [3.63, 3.8) is 0 Å². The lowest BCUT2D eigenvalue weighted by Gasteiger charge is -2.13. The van der Waals surface area contributed by atoms with Crippen LogP contribution in [0.5, 0.6) is 0 Å². The third kappa shape index (κ3) is 2.44. The van der Waals surface area contributed by atoms with Gasteiger partial charge >= 0.3 is 0 Å².